The third-order valence-electron chi connectivity index (χ3n) is 3.11. The summed E-state index contributed by atoms with van der Waals surface area (Å²) in [6, 6.07) is 8.82. The number of nitrogen functional groups attached to an aromatic ring is 1. The predicted octanol–water partition coefficient (Wildman–Crippen LogP) is 3.43. The molecule has 16 heavy (non-hydrogen) atoms. The highest BCUT2D eigenvalue weighted by molar-refractivity contribution is 7.08. The first-order valence-electron chi connectivity index (χ1n) is 5.50. The van der Waals surface area contributed by atoms with E-state index in [1.165, 1.54) is 16.8 Å². The third kappa shape index (κ3) is 1.67. The molecule has 0 spiro atoms. The summed E-state index contributed by atoms with van der Waals surface area (Å²) < 4.78 is 0. The molecule has 1 aromatic heterocycles. The fourth-order valence-electron chi connectivity index (χ4n) is 2.34. The van der Waals surface area contributed by atoms with E-state index in [9.17, 15) is 0 Å². The Morgan fingerprint density at radius 3 is 3.06 bits per heavy atom. The van der Waals surface area contributed by atoms with Gasteiger partial charge < -0.3 is 11.1 Å². The molecule has 1 atom stereocenters. The quantitative estimate of drug-likeness (QED) is 0.776. The van der Waals surface area contributed by atoms with E-state index in [0.29, 0.717) is 6.04 Å². The maximum absolute atomic E-state index is 5.79. The van der Waals surface area contributed by atoms with Crippen molar-refractivity contribution in [3.63, 3.8) is 0 Å². The van der Waals surface area contributed by atoms with E-state index in [1.807, 2.05) is 6.07 Å². The van der Waals surface area contributed by atoms with Crippen LogP contribution in [0.15, 0.2) is 35.0 Å². The summed E-state index contributed by atoms with van der Waals surface area (Å²) >= 11 is 1.72. The molecule has 1 aliphatic carbocycles. The van der Waals surface area contributed by atoms with Crippen LogP contribution in [0.4, 0.5) is 11.4 Å². The van der Waals surface area contributed by atoms with E-state index in [-0.39, 0.29) is 0 Å². The van der Waals surface area contributed by atoms with Crippen molar-refractivity contribution in [1.82, 2.24) is 0 Å². The van der Waals surface area contributed by atoms with Gasteiger partial charge in [0.05, 0.1) is 6.04 Å². The van der Waals surface area contributed by atoms with Gasteiger partial charge >= 0.3 is 0 Å². The Labute approximate surface area is 99.1 Å². The second-order valence-corrected chi connectivity index (χ2v) is 4.99. The van der Waals surface area contributed by atoms with E-state index >= 15 is 0 Å². The fraction of sp³-hybridized carbons (Fsp3) is 0.231. The molecule has 82 valence electrons. The zero-order valence-electron chi connectivity index (χ0n) is 8.94. The van der Waals surface area contributed by atoms with Crippen molar-refractivity contribution in [2.24, 2.45) is 0 Å². The molecule has 1 heterocycles. The lowest BCUT2D eigenvalue weighted by Crippen LogP contribution is -2.06. The number of hydrogen-bond donors (Lipinski definition) is 2. The number of fused-ring (bicyclic) bond motifs is 1. The van der Waals surface area contributed by atoms with Gasteiger partial charge in [-0.15, -0.1) is 0 Å². The Morgan fingerprint density at radius 1 is 1.31 bits per heavy atom. The lowest BCUT2D eigenvalue weighted by Gasteiger charge is -2.14. The highest BCUT2D eigenvalue weighted by Gasteiger charge is 2.22. The van der Waals surface area contributed by atoms with Crippen LogP contribution in [0.1, 0.15) is 23.6 Å². The van der Waals surface area contributed by atoms with Crippen LogP contribution in [0.5, 0.6) is 0 Å². The topological polar surface area (TPSA) is 38.0 Å². The van der Waals surface area contributed by atoms with Gasteiger partial charge in [-0.2, -0.15) is 11.3 Å². The molecule has 3 N–H and O–H groups in total. The Bertz CT molecular complexity index is 491. The van der Waals surface area contributed by atoms with Gasteiger partial charge in [0.1, 0.15) is 0 Å². The molecule has 3 rings (SSSR count). The minimum Gasteiger partial charge on any atom is -0.399 e. The molecule has 3 heteroatoms. The van der Waals surface area contributed by atoms with Gasteiger partial charge in [0.25, 0.3) is 0 Å². The number of hydrogen-bond acceptors (Lipinski definition) is 3. The second-order valence-electron chi connectivity index (χ2n) is 4.21. The average Bonchev–Trinajstić information content (AvgIpc) is 2.89. The lowest BCUT2D eigenvalue weighted by atomic mass is 10.1. The first-order chi connectivity index (χ1) is 7.83. The van der Waals surface area contributed by atoms with Crippen molar-refractivity contribution >= 4 is 22.7 Å². The van der Waals surface area contributed by atoms with Crippen LogP contribution >= 0.6 is 11.3 Å². The maximum atomic E-state index is 5.79. The fourth-order valence-corrected chi connectivity index (χ4v) is 2.93. The molecule has 0 saturated carbocycles. The van der Waals surface area contributed by atoms with Crippen molar-refractivity contribution < 1.29 is 0 Å². The van der Waals surface area contributed by atoms with Crippen LogP contribution in [0.3, 0.4) is 0 Å². The van der Waals surface area contributed by atoms with Gasteiger partial charge in [0.15, 0.2) is 0 Å². The average molecular weight is 230 g/mol. The summed E-state index contributed by atoms with van der Waals surface area (Å²) in [5, 5.41) is 7.81. The normalized spacial score (nSPS) is 18.4. The van der Waals surface area contributed by atoms with Gasteiger partial charge in [-0.3, -0.25) is 0 Å². The molecule has 0 amide bonds. The van der Waals surface area contributed by atoms with Gasteiger partial charge in [-0.25, -0.2) is 0 Å². The SMILES string of the molecule is Nc1ccc2c(c1)CCC2Nc1ccsc1. The van der Waals surface area contributed by atoms with E-state index in [0.717, 1.165) is 18.5 Å². The first-order valence-corrected chi connectivity index (χ1v) is 6.44. The molecular weight excluding hydrogens is 216 g/mol. The molecule has 0 aliphatic heterocycles. The lowest BCUT2D eigenvalue weighted by molar-refractivity contribution is 0.762. The van der Waals surface area contributed by atoms with Gasteiger partial charge in [0, 0.05) is 16.8 Å². The molecule has 1 aromatic carbocycles. The van der Waals surface area contributed by atoms with Gasteiger partial charge in [-0.1, -0.05) is 6.07 Å². The van der Waals surface area contributed by atoms with Crippen LogP contribution in [0.2, 0.25) is 0 Å². The van der Waals surface area contributed by atoms with E-state index in [2.05, 4.69) is 34.3 Å². The van der Waals surface area contributed by atoms with Crippen molar-refractivity contribution in [2.75, 3.05) is 11.1 Å². The van der Waals surface area contributed by atoms with E-state index < -0.39 is 0 Å². The Morgan fingerprint density at radius 2 is 2.25 bits per heavy atom. The zero-order chi connectivity index (χ0) is 11.0. The maximum Gasteiger partial charge on any atom is 0.0520 e. The number of rotatable bonds is 2. The molecule has 1 aliphatic rings. The molecular formula is C13H14N2S. The Kier molecular flexibility index (Phi) is 2.33. The summed E-state index contributed by atoms with van der Waals surface area (Å²) in [5.74, 6) is 0. The zero-order valence-corrected chi connectivity index (χ0v) is 9.76. The number of aryl methyl sites for hydroxylation is 1. The van der Waals surface area contributed by atoms with E-state index in [1.54, 1.807) is 11.3 Å². The number of benzene rings is 1. The van der Waals surface area contributed by atoms with E-state index in [4.69, 9.17) is 5.73 Å². The monoisotopic (exact) mass is 230 g/mol. The summed E-state index contributed by atoms with van der Waals surface area (Å²) in [5.41, 5.74) is 10.7. The number of thiophene rings is 1. The van der Waals surface area contributed by atoms with Crippen molar-refractivity contribution in [3.05, 3.63) is 46.2 Å². The summed E-state index contributed by atoms with van der Waals surface area (Å²) in [6.45, 7) is 0. The molecule has 0 fully saturated rings. The highest BCUT2D eigenvalue weighted by Crippen LogP contribution is 2.35. The Balaban J connectivity index is 1.86. The summed E-state index contributed by atoms with van der Waals surface area (Å²) in [4.78, 5) is 0. The van der Waals surface area contributed by atoms with Crippen LogP contribution in [0.25, 0.3) is 0 Å². The largest absolute Gasteiger partial charge is 0.399 e. The molecule has 2 nitrogen and oxygen atoms in total. The highest BCUT2D eigenvalue weighted by atomic mass is 32.1. The number of nitrogens with two attached hydrogens (primary N) is 1. The van der Waals surface area contributed by atoms with Crippen LogP contribution in [-0.4, -0.2) is 0 Å². The van der Waals surface area contributed by atoms with Gasteiger partial charge in [0.2, 0.25) is 0 Å². The molecule has 0 bridgehead atoms. The second kappa shape index (κ2) is 3.83. The van der Waals surface area contributed by atoms with Crippen LogP contribution in [0, 0.1) is 0 Å². The molecule has 2 aromatic rings. The minimum absolute atomic E-state index is 0.449. The Hall–Kier alpha value is -1.48. The molecule has 0 radical (unpaired) electrons. The predicted molar refractivity (Wildman–Crippen MR) is 69.9 cm³/mol. The third-order valence-corrected chi connectivity index (χ3v) is 3.79. The summed E-state index contributed by atoms with van der Waals surface area (Å²) in [7, 11) is 0. The van der Waals surface area contributed by atoms with Crippen LogP contribution in [-0.2, 0) is 6.42 Å². The van der Waals surface area contributed by atoms with Crippen LogP contribution < -0.4 is 11.1 Å². The molecule has 0 saturated heterocycles. The minimum atomic E-state index is 0.449. The smallest absolute Gasteiger partial charge is 0.0520 e. The number of anilines is 2. The standard InChI is InChI=1S/C13H14N2S/c14-10-2-3-12-9(7-10)1-4-13(12)15-11-5-6-16-8-11/h2-3,5-8,13,15H,1,4,14H2. The molecule has 1 unspecified atom stereocenters. The summed E-state index contributed by atoms with van der Waals surface area (Å²) in [6.07, 6.45) is 2.29. The van der Waals surface area contributed by atoms with Crippen molar-refractivity contribution in [1.29, 1.82) is 0 Å². The van der Waals surface area contributed by atoms with Crippen molar-refractivity contribution in [2.45, 2.75) is 18.9 Å². The van der Waals surface area contributed by atoms with Gasteiger partial charge in [-0.05, 0) is 47.5 Å². The van der Waals surface area contributed by atoms with Crippen molar-refractivity contribution in [3.8, 4) is 0 Å². The first kappa shape index (κ1) is 9.73. The number of nitrogens with one attached hydrogen (secondary N) is 1.